The van der Waals surface area contributed by atoms with Crippen LogP contribution in [-0.4, -0.2) is 26.3 Å². The van der Waals surface area contributed by atoms with Gasteiger partial charge in [-0.1, -0.05) is 0 Å². The van der Waals surface area contributed by atoms with E-state index >= 15 is 0 Å². The number of nitrogens with zero attached hydrogens (tertiary/aromatic N) is 4. The van der Waals surface area contributed by atoms with Gasteiger partial charge in [0, 0.05) is 17.1 Å². The van der Waals surface area contributed by atoms with Crippen molar-refractivity contribution >= 4 is 45.6 Å². The zero-order valence-electron chi connectivity index (χ0n) is 12.6. The maximum atomic E-state index is 6.13. The molecule has 0 atom stereocenters. The minimum atomic E-state index is 0.146. The molecule has 4 heterocycles. The maximum absolute atomic E-state index is 6.13. The van der Waals surface area contributed by atoms with E-state index in [0.29, 0.717) is 22.7 Å². The molecule has 5 rings (SSSR count). The monoisotopic (exact) mass is 371 g/mol. The number of fused-ring (bicyclic) bond motifs is 2. The van der Waals surface area contributed by atoms with E-state index in [2.05, 4.69) is 20.3 Å². The van der Waals surface area contributed by atoms with Crippen molar-refractivity contribution in [3.05, 3.63) is 46.6 Å². The fourth-order valence-corrected chi connectivity index (χ4v) is 3.45. The fourth-order valence-electron chi connectivity index (χ4n) is 2.65. The zero-order chi connectivity index (χ0) is 16.8. The molecule has 4 aromatic rings. The van der Waals surface area contributed by atoms with Gasteiger partial charge in [-0.15, -0.1) is 0 Å². The van der Waals surface area contributed by atoms with Crippen LogP contribution in [0.25, 0.3) is 16.9 Å². The van der Waals surface area contributed by atoms with Gasteiger partial charge in [-0.25, -0.2) is 4.98 Å². The number of anilines is 2. The van der Waals surface area contributed by atoms with Crippen molar-refractivity contribution in [2.45, 2.75) is 0 Å². The Balaban J connectivity index is 1.59. The molecule has 7 nitrogen and oxygen atoms in total. The SMILES string of the molecule is Clc1nc(Nc2ccc3c(c2)OCO3)c2ncn(-c3ccsc3)c2n1. The third-order valence-corrected chi connectivity index (χ3v) is 4.63. The van der Waals surface area contributed by atoms with Crippen molar-refractivity contribution in [1.82, 2.24) is 19.5 Å². The Kier molecular flexibility index (Phi) is 3.25. The highest BCUT2D eigenvalue weighted by molar-refractivity contribution is 7.08. The molecular formula is C16H10ClN5O2S. The van der Waals surface area contributed by atoms with E-state index in [1.165, 1.54) is 0 Å². The Hall–Kier alpha value is -2.84. The molecule has 0 fully saturated rings. The molecule has 0 saturated heterocycles. The van der Waals surface area contributed by atoms with Crippen molar-refractivity contribution < 1.29 is 9.47 Å². The smallest absolute Gasteiger partial charge is 0.231 e. The third kappa shape index (κ3) is 2.46. The molecule has 0 spiro atoms. The summed E-state index contributed by atoms with van der Waals surface area (Å²) in [6, 6.07) is 7.56. The first-order chi connectivity index (χ1) is 12.3. The van der Waals surface area contributed by atoms with Crippen LogP contribution in [0.4, 0.5) is 11.5 Å². The number of aromatic nitrogens is 4. The Morgan fingerprint density at radius 1 is 1.16 bits per heavy atom. The Morgan fingerprint density at radius 2 is 2.08 bits per heavy atom. The predicted molar refractivity (Wildman–Crippen MR) is 95.4 cm³/mol. The van der Waals surface area contributed by atoms with Crippen molar-refractivity contribution in [3.8, 4) is 17.2 Å². The minimum absolute atomic E-state index is 0.146. The number of rotatable bonds is 3. The largest absolute Gasteiger partial charge is 0.454 e. The molecule has 1 aromatic carbocycles. The van der Waals surface area contributed by atoms with Gasteiger partial charge >= 0.3 is 0 Å². The Bertz CT molecular complexity index is 1080. The standard InChI is InChI=1S/C16H10ClN5O2S/c17-16-20-14(19-9-1-2-11-12(5-9)24-8-23-11)13-15(21-16)22(7-18-13)10-3-4-25-6-10/h1-7H,8H2,(H,19,20,21). The van der Waals surface area contributed by atoms with E-state index in [-0.39, 0.29) is 12.1 Å². The first-order valence-corrected chi connectivity index (χ1v) is 8.70. The summed E-state index contributed by atoms with van der Waals surface area (Å²) in [4.78, 5) is 13.1. The van der Waals surface area contributed by atoms with E-state index in [9.17, 15) is 0 Å². The highest BCUT2D eigenvalue weighted by atomic mass is 35.5. The quantitative estimate of drug-likeness (QED) is 0.549. The number of imidazole rings is 1. The number of hydrogen-bond donors (Lipinski definition) is 1. The van der Waals surface area contributed by atoms with E-state index in [4.69, 9.17) is 21.1 Å². The highest BCUT2D eigenvalue weighted by Gasteiger charge is 2.17. The lowest BCUT2D eigenvalue weighted by Gasteiger charge is -2.08. The van der Waals surface area contributed by atoms with Gasteiger partial charge in [0.1, 0.15) is 6.33 Å². The normalized spacial score (nSPS) is 12.7. The number of halogens is 1. The number of ether oxygens (including phenoxy) is 2. The van der Waals surface area contributed by atoms with Gasteiger partial charge in [-0.05, 0) is 35.2 Å². The Morgan fingerprint density at radius 3 is 2.96 bits per heavy atom. The molecule has 124 valence electrons. The number of thiophene rings is 1. The number of hydrogen-bond acceptors (Lipinski definition) is 7. The van der Waals surface area contributed by atoms with Crippen LogP contribution < -0.4 is 14.8 Å². The maximum Gasteiger partial charge on any atom is 0.231 e. The fraction of sp³-hybridized carbons (Fsp3) is 0.0625. The summed E-state index contributed by atoms with van der Waals surface area (Å²) in [5.74, 6) is 1.94. The highest BCUT2D eigenvalue weighted by Crippen LogP contribution is 2.35. The lowest BCUT2D eigenvalue weighted by molar-refractivity contribution is 0.174. The average Bonchev–Trinajstić information content (AvgIpc) is 3.34. The van der Waals surface area contributed by atoms with E-state index < -0.39 is 0 Å². The van der Waals surface area contributed by atoms with Crippen LogP contribution in [0.1, 0.15) is 0 Å². The second-order valence-corrected chi connectivity index (χ2v) is 6.42. The topological polar surface area (TPSA) is 74.1 Å². The molecule has 1 aliphatic rings. The molecular weight excluding hydrogens is 362 g/mol. The molecule has 25 heavy (non-hydrogen) atoms. The van der Waals surface area contributed by atoms with Crippen LogP contribution in [0.5, 0.6) is 11.5 Å². The average molecular weight is 372 g/mol. The van der Waals surface area contributed by atoms with Crippen LogP contribution in [0.15, 0.2) is 41.4 Å². The second-order valence-electron chi connectivity index (χ2n) is 5.30. The molecule has 9 heteroatoms. The zero-order valence-corrected chi connectivity index (χ0v) is 14.2. The molecule has 0 saturated carbocycles. The van der Waals surface area contributed by atoms with Gasteiger partial charge in [0.25, 0.3) is 0 Å². The first-order valence-electron chi connectivity index (χ1n) is 7.38. The van der Waals surface area contributed by atoms with Gasteiger partial charge in [0.15, 0.2) is 28.5 Å². The summed E-state index contributed by atoms with van der Waals surface area (Å²) in [5, 5.41) is 7.39. The first kappa shape index (κ1) is 14.5. The molecule has 1 N–H and O–H groups in total. The van der Waals surface area contributed by atoms with E-state index in [1.54, 1.807) is 17.7 Å². The summed E-state index contributed by atoms with van der Waals surface area (Å²) >= 11 is 7.73. The molecule has 0 unspecified atom stereocenters. The summed E-state index contributed by atoms with van der Waals surface area (Å²) < 4.78 is 12.6. The van der Waals surface area contributed by atoms with Crippen molar-refractivity contribution in [3.63, 3.8) is 0 Å². The molecule has 0 amide bonds. The molecule has 3 aromatic heterocycles. The summed E-state index contributed by atoms with van der Waals surface area (Å²) in [6.07, 6.45) is 1.71. The van der Waals surface area contributed by atoms with Gasteiger partial charge in [-0.2, -0.15) is 21.3 Å². The predicted octanol–water partition coefficient (Wildman–Crippen LogP) is 4.00. The van der Waals surface area contributed by atoms with Crippen LogP contribution >= 0.6 is 22.9 Å². The second kappa shape index (κ2) is 5.61. The van der Waals surface area contributed by atoms with Crippen LogP contribution in [0, 0.1) is 0 Å². The van der Waals surface area contributed by atoms with Gasteiger partial charge < -0.3 is 14.8 Å². The molecule has 1 aliphatic heterocycles. The van der Waals surface area contributed by atoms with Crippen LogP contribution in [0.2, 0.25) is 5.28 Å². The Labute approximate surface area is 150 Å². The summed E-state index contributed by atoms with van der Waals surface area (Å²) in [5.41, 5.74) is 3.05. The molecule has 0 bridgehead atoms. The number of benzene rings is 1. The lowest BCUT2D eigenvalue weighted by Crippen LogP contribution is -1.99. The lowest BCUT2D eigenvalue weighted by atomic mass is 10.2. The van der Waals surface area contributed by atoms with E-state index in [1.807, 2.05) is 39.6 Å². The van der Waals surface area contributed by atoms with Crippen molar-refractivity contribution in [1.29, 1.82) is 0 Å². The number of nitrogens with one attached hydrogen (secondary N) is 1. The van der Waals surface area contributed by atoms with Gasteiger partial charge in [0.05, 0.1) is 5.69 Å². The minimum Gasteiger partial charge on any atom is -0.454 e. The summed E-state index contributed by atoms with van der Waals surface area (Å²) in [7, 11) is 0. The van der Waals surface area contributed by atoms with Gasteiger partial charge in [-0.3, -0.25) is 4.57 Å². The molecule has 0 aliphatic carbocycles. The van der Waals surface area contributed by atoms with Crippen molar-refractivity contribution in [2.75, 3.05) is 12.1 Å². The van der Waals surface area contributed by atoms with E-state index in [0.717, 1.165) is 17.1 Å². The summed E-state index contributed by atoms with van der Waals surface area (Å²) in [6.45, 7) is 0.230. The van der Waals surface area contributed by atoms with Crippen molar-refractivity contribution in [2.24, 2.45) is 0 Å². The van der Waals surface area contributed by atoms with Crippen LogP contribution in [-0.2, 0) is 0 Å². The van der Waals surface area contributed by atoms with Gasteiger partial charge in [0.2, 0.25) is 12.1 Å². The molecule has 0 radical (unpaired) electrons. The third-order valence-electron chi connectivity index (χ3n) is 3.79. The van der Waals surface area contributed by atoms with Crippen LogP contribution in [0.3, 0.4) is 0 Å².